The van der Waals surface area contributed by atoms with Gasteiger partial charge in [0.25, 0.3) is 6.43 Å². The maximum absolute atomic E-state index is 11.9. The largest absolute Gasteiger partial charge is 0.379 e. The first-order valence-corrected chi connectivity index (χ1v) is 5.01. The van der Waals surface area contributed by atoms with Gasteiger partial charge in [-0.3, -0.25) is 0 Å². The maximum atomic E-state index is 11.9. The first-order valence-electron chi connectivity index (χ1n) is 5.01. The van der Waals surface area contributed by atoms with Gasteiger partial charge in [-0.15, -0.1) is 0 Å². The fourth-order valence-corrected chi connectivity index (χ4v) is 1.57. The quantitative estimate of drug-likeness (QED) is 0.694. The Hall–Kier alpha value is -0.260. The van der Waals surface area contributed by atoms with E-state index in [1.807, 2.05) is 6.92 Å². The molecule has 1 aliphatic rings. The van der Waals surface area contributed by atoms with Crippen molar-refractivity contribution in [2.75, 3.05) is 26.3 Å². The van der Waals surface area contributed by atoms with Crippen molar-refractivity contribution in [1.29, 1.82) is 0 Å². The molecule has 5 heteroatoms. The summed E-state index contributed by atoms with van der Waals surface area (Å²) in [6.07, 6.45) is -1.44. The van der Waals surface area contributed by atoms with E-state index in [1.54, 1.807) is 0 Å². The summed E-state index contributed by atoms with van der Waals surface area (Å²) in [5, 5.41) is 6.07. The van der Waals surface area contributed by atoms with E-state index in [1.165, 1.54) is 0 Å². The van der Waals surface area contributed by atoms with Crippen LogP contribution in [0.5, 0.6) is 0 Å². The Balaban J connectivity index is 2.09. The molecule has 1 aliphatic heterocycles. The van der Waals surface area contributed by atoms with Crippen LogP contribution in [-0.4, -0.2) is 44.8 Å². The summed E-state index contributed by atoms with van der Waals surface area (Å²) in [5.41, 5.74) is 0. The van der Waals surface area contributed by atoms with E-state index < -0.39 is 6.43 Å². The molecule has 3 nitrogen and oxygen atoms in total. The summed E-state index contributed by atoms with van der Waals surface area (Å²) < 4.78 is 29.0. The molecule has 1 heterocycles. The van der Waals surface area contributed by atoms with E-state index in [0.29, 0.717) is 12.6 Å². The highest BCUT2D eigenvalue weighted by molar-refractivity contribution is 4.75. The highest BCUT2D eigenvalue weighted by Gasteiger charge is 2.16. The van der Waals surface area contributed by atoms with E-state index in [4.69, 9.17) is 4.74 Å². The monoisotopic (exact) mass is 208 g/mol. The molecule has 84 valence electrons. The van der Waals surface area contributed by atoms with E-state index in [2.05, 4.69) is 10.6 Å². The van der Waals surface area contributed by atoms with Crippen molar-refractivity contribution in [3.05, 3.63) is 0 Å². The van der Waals surface area contributed by atoms with Crippen molar-refractivity contribution in [2.45, 2.75) is 31.9 Å². The van der Waals surface area contributed by atoms with E-state index in [9.17, 15) is 8.78 Å². The molecule has 0 aromatic heterocycles. The van der Waals surface area contributed by atoms with Crippen LogP contribution in [0.25, 0.3) is 0 Å². The van der Waals surface area contributed by atoms with Crippen LogP contribution >= 0.6 is 0 Å². The first kappa shape index (κ1) is 11.8. The van der Waals surface area contributed by atoms with Gasteiger partial charge in [-0.1, -0.05) is 0 Å². The van der Waals surface area contributed by atoms with Crippen LogP contribution in [0.1, 0.15) is 13.3 Å². The highest BCUT2D eigenvalue weighted by atomic mass is 19.3. The number of ether oxygens (including phenoxy) is 1. The Morgan fingerprint density at radius 3 is 2.93 bits per heavy atom. The Morgan fingerprint density at radius 1 is 1.57 bits per heavy atom. The van der Waals surface area contributed by atoms with Gasteiger partial charge in [0.1, 0.15) is 0 Å². The molecular weight excluding hydrogens is 190 g/mol. The van der Waals surface area contributed by atoms with Crippen molar-refractivity contribution in [1.82, 2.24) is 10.6 Å². The number of alkyl halides is 2. The average molecular weight is 208 g/mol. The molecule has 0 aromatic carbocycles. The molecule has 14 heavy (non-hydrogen) atoms. The number of hydrogen-bond acceptors (Lipinski definition) is 3. The van der Waals surface area contributed by atoms with Gasteiger partial charge in [-0.05, 0) is 13.3 Å². The summed E-state index contributed by atoms with van der Waals surface area (Å²) in [5.74, 6) is 0. The number of nitrogens with one attached hydrogen (secondary N) is 2. The van der Waals surface area contributed by atoms with Crippen molar-refractivity contribution in [2.24, 2.45) is 0 Å². The first-order chi connectivity index (χ1) is 6.68. The van der Waals surface area contributed by atoms with Gasteiger partial charge in [0, 0.05) is 18.6 Å². The van der Waals surface area contributed by atoms with Crippen LogP contribution in [0, 0.1) is 0 Å². The van der Waals surface area contributed by atoms with Gasteiger partial charge in [0.15, 0.2) is 0 Å². The second-order valence-electron chi connectivity index (χ2n) is 3.66. The van der Waals surface area contributed by atoms with Crippen LogP contribution in [0.15, 0.2) is 0 Å². The number of rotatable bonds is 5. The molecule has 0 radical (unpaired) electrons. The SMILES string of the molecule is CC(CC1COCCN1)NCC(F)F. The summed E-state index contributed by atoms with van der Waals surface area (Å²) in [6.45, 7) is 3.97. The van der Waals surface area contributed by atoms with E-state index in [-0.39, 0.29) is 12.6 Å². The molecular formula is C9H18F2N2O. The summed E-state index contributed by atoms with van der Waals surface area (Å²) in [4.78, 5) is 0. The molecule has 0 spiro atoms. The van der Waals surface area contributed by atoms with Gasteiger partial charge < -0.3 is 15.4 Å². The van der Waals surface area contributed by atoms with Crippen LogP contribution < -0.4 is 10.6 Å². The van der Waals surface area contributed by atoms with Crippen molar-refractivity contribution >= 4 is 0 Å². The van der Waals surface area contributed by atoms with Crippen LogP contribution in [-0.2, 0) is 4.74 Å². The fraction of sp³-hybridized carbons (Fsp3) is 1.00. The Morgan fingerprint density at radius 2 is 2.36 bits per heavy atom. The van der Waals surface area contributed by atoms with Gasteiger partial charge in [-0.2, -0.15) is 0 Å². The zero-order valence-corrected chi connectivity index (χ0v) is 8.43. The molecule has 2 atom stereocenters. The van der Waals surface area contributed by atoms with Gasteiger partial charge in [0.2, 0.25) is 0 Å². The lowest BCUT2D eigenvalue weighted by molar-refractivity contribution is 0.0699. The average Bonchev–Trinajstić information content (AvgIpc) is 2.16. The predicted octanol–water partition coefficient (Wildman–Crippen LogP) is 0.608. The van der Waals surface area contributed by atoms with Crippen LogP contribution in [0.4, 0.5) is 8.78 Å². The highest BCUT2D eigenvalue weighted by Crippen LogP contribution is 2.02. The molecule has 1 fully saturated rings. The number of halogens is 2. The van der Waals surface area contributed by atoms with E-state index in [0.717, 1.165) is 19.6 Å². The summed E-state index contributed by atoms with van der Waals surface area (Å²) >= 11 is 0. The molecule has 0 amide bonds. The minimum atomic E-state index is -2.27. The topological polar surface area (TPSA) is 33.3 Å². The lowest BCUT2D eigenvalue weighted by Gasteiger charge is -2.26. The Kier molecular flexibility index (Phi) is 5.29. The standard InChI is InChI=1S/C9H18F2N2O/c1-7(13-5-9(10)11)4-8-6-14-3-2-12-8/h7-9,12-13H,2-6H2,1H3. The zero-order valence-electron chi connectivity index (χ0n) is 8.43. The lowest BCUT2D eigenvalue weighted by atomic mass is 10.1. The summed E-state index contributed by atoms with van der Waals surface area (Å²) in [7, 11) is 0. The van der Waals surface area contributed by atoms with Crippen molar-refractivity contribution in [3.63, 3.8) is 0 Å². The predicted molar refractivity (Wildman–Crippen MR) is 50.7 cm³/mol. The summed E-state index contributed by atoms with van der Waals surface area (Å²) in [6, 6.07) is 0.395. The minimum Gasteiger partial charge on any atom is -0.379 e. The number of morpholine rings is 1. The third-order valence-corrected chi connectivity index (χ3v) is 2.26. The van der Waals surface area contributed by atoms with E-state index >= 15 is 0 Å². The fourth-order valence-electron chi connectivity index (χ4n) is 1.57. The Bertz CT molecular complexity index is 152. The molecule has 0 bridgehead atoms. The second kappa shape index (κ2) is 6.27. The molecule has 2 unspecified atom stereocenters. The molecule has 0 saturated carbocycles. The third kappa shape index (κ3) is 4.83. The van der Waals surface area contributed by atoms with Gasteiger partial charge in [-0.25, -0.2) is 8.78 Å². The molecule has 1 saturated heterocycles. The maximum Gasteiger partial charge on any atom is 0.250 e. The van der Waals surface area contributed by atoms with Crippen LogP contribution in [0.2, 0.25) is 0 Å². The molecule has 1 rings (SSSR count). The normalized spacial score (nSPS) is 25.3. The van der Waals surface area contributed by atoms with Gasteiger partial charge >= 0.3 is 0 Å². The van der Waals surface area contributed by atoms with Gasteiger partial charge in [0.05, 0.1) is 19.8 Å². The van der Waals surface area contributed by atoms with Crippen molar-refractivity contribution < 1.29 is 13.5 Å². The number of hydrogen-bond donors (Lipinski definition) is 2. The molecule has 2 N–H and O–H groups in total. The van der Waals surface area contributed by atoms with Crippen LogP contribution in [0.3, 0.4) is 0 Å². The smallest absolute Gasteiger partial charge is 0.250 e. The Labute approximate surface area is 83.2 Å². The molecule has 0 aromatic rings. The molecule has 0 aliphatic carbocycles. The second-order valence-corrected chi connectivity index (χ2v) is 3.66. The van der Waals surface area contributed by atoms with Crippen molar-refractivity contribution in [3.8, 4) is 0 Å². The third-order valence-electron chi connectivity index (χ3n) is 2.26. The lowest BCUT2D eigenvalue weighted by Crippen LogP contribution is -2.45. The zero-order chi connectivity index (χ0) is 10.4. The minimum absolute atomic E-state index is 0.100.